The van der Waals surface area contributed by atoms with E-state index in [0.717, 1.165) is 23.7 Å². The van der Waals surface area contributed by atoms with Gasteiger partial charge in [-0.3, -0.25) is 0 Å². The summed E-state index contributed by atoms with van der Waals surface area (Å²) in [6.45, 7) is 16.2. The Morgan fingerprint density at radius 3 is 2.52 bits per heavy atom. The van der Waals surface area contributed by atoms with Crippen molar-refractivity contribution in [1.29, 1.82) is 0 Å². The van der Waals surface area contributed by atoms with Crippen LogP contribution in [-0.2, 0) is 0 Å². The van der Waals surface area contributed by atoms with E-state index in [0.29, 0.717) is 10.8 Å². The second-order valence-corrected chi connectivity index (χ2v) is 10.3. The van der Waals surface area contributed by atoms with Crippen molar-refractivity contribution in [3.63, 3.8) is 0 Å². The molecule has 0 heterocycles. The minimum Gasteiger partial charge on any atom is -0.103 e. The Kier molecular flexibility index (Phi) is 5.86. The third kappa shape index (κ3) is 3.52. The Bertz CT molecular complexity index is 488. The fraction of sp³-hybridized carbons (Fsp3) is 0.840. The summed E-state index contributed by atoms with van der Waals surface area (Å²) in [6, 6.07) is 0. The minimum absolute atomic E-state index is 0.551. The van der Waals surface area contributed by atoms with Gasteiger partial charge < -0.3 is 0 Å². The summed E-state index contributed by atoms with van der Waals surface area (Å²) in [5.74, 6) is 3.64. The van der Waals surface area contributed by atoms with Gasteiger partial charge in [-0.1, -0.05) is 45.4 Å². The molecule has 0 N–H and O–H groups in total. The van der Waals surface area contributed by atoms with Gasteiger partial charge in [0.15, 0.2) is 0 Å². The molecule has 0 bridgehead atoms. The minimum atomic E-state index is 0.551. The van der Waals surface area contributed by atoms with E-state index in [1.807, 2.05) is 0 Å². The Morgan fingerprint density at radius 2 is 1.76 bits per heavy atom. The molecule has 6 unspecified atom stereocenters. The number of hydrogen-bond donors (Lipinski definition) is 0. The van der Waals surface area contributed by atoms with Crippen molar-refractivity contribution in [3.05, 3.63) is 24.8 Å². The topological polar surface area (TPSA) is 0 Å². The first kappa shape index (κ1) is 19.2. The molecule has 0 aromatic heterocycles. The molecule has 0 aromatic carbocycles. The number of fused-ring (bicyclic) bond motifs is 2. The van der Waals surface area contributed by atoms with Gasteiger partial charge in [0.25, 0.3) is 0 Å². The summed E-state index contributed by atoms with van der Waals surface area (Å²) in [5.41, 5.74) is 2.70. The lowest BCUT2D eigenvalue weighted by Crippen LogP contribution is -2.40. The molecule has 3 fully saturated rings. The van der Waals surface area contributed by atoms with E-state index >= 15 is 0 Å². The molecule has 0 nitrogen and oxygen atoms in total. The summed E-state index contributed by atoms with van der Waals surface area (Å²) in [6.07, 6.45) is 19.0. The van der Waals surface area contributed by atoms with Crippen LogP contribution in [0.2, 0.25) is 0 Å². The third-order valence-electron chi connectivity index (χ3n) is 9.32. The van der Waals surface area contributed by atoms with Crippen molar-refractivity contribution in [2.45, 2.75) is 97.8 Å². The lowest BCUT2D eigenvalue weighted by atomic mass is 9.55. The number of rotatable bonds is 3. The molecule has 25 heavy (non-hydrogen) atoms. The molecule has 0 spiro atoms. The SMILES string of the molecule is C=CCCC12CCC(C)C3(C)CCC(=C)CC3CCCC1CCC2C. The van der Waals surface area contributed by atoms with Crippen LogP contribution in [0, 0.1) is 34.5 Å². The standard InChI is InChI=1S/C25H42/c1-6-7-15-25-17-14-20(3)24(5)16-13-19(2)18-23(24)10-8-9-22(25)12-11-21(25)4/h6,20-23H,1-2,7-18H2,3-5H3. The Morgan fingerprint density at radius 1 is 1.00 bits per heavy atom. The van der Waals surface area contributed by atoms with Crippen LogP contribution in [0.4, 0.5) is 0 Å². The van der Waals surface area contributed by atoms with E-state index in [2.05, 4.69) is 40.0 Å². The molecule has 3 aliphatic rings. The van der Waals surface area contributed by atoms with Crippen LogP contribution in [0.25, 0.3) is 0 Å². The fourth-order valence-electron chi connectivity index (χ4n) is 7.10. The predicted molar refractivity (Wildman–Crippen MR) is 111 cm³/mol. The molecule has 3 rings (SSSR count). The number of hydrogen-bond acceptors (Lipinski definition) is 0. The molecule has 0 aliphatic heterocycles. The van der Waals surface area contributed by atoms with Gasteiger partial charge >= 0.3 is 0 Å². The zero-order valence-electron chi connectivity index (χ0n) is 17.3. The highest BCUT2D eigenvalue weighted by molar-refractivity contribution is 5.07. The van der Waals surface area contributed by atoms with Gasteiger partial charge in [0.1, 0.15) is 0 Å². The Balaban J connectivity index is 1.83. The van der Waals surface area contributed by atoms with Gasteiger partial charge in [0, 0.05) is 0 Å². The molecule has 142 valence electrons. The highest BCUT2D eigenvalue weighted by atomic mass is 14.5. The molecule has 0 radical (unpaired) electrons. The fourth-order valence-corrected chi connectivity index (χ4v) is 7.10. The van der Waals surface area contributed by atoms with Crippen molar-refractivity contribution in [1.82, 2.24) is 0 Å². The van der Waals surface area contributed by atoms with Crippen molar-refractivity contribution in [2.75, 3.05) is 0 Å². The maximum absolute atomic E-state index is 4.36. The van der Waals surface area contributed by atoms with Crippen molar-refractivity contribution in [2.24, 2.45) is 34.5 Å². The quantitative estimate of drug-likeness (QED) is 0.456. The van der Waals surface area contributed by atoms with E-state index in [-0.39, 0.29) is 0 Å². The summed E-state index contributed by atoms with van der Waals surface area (Å²) in [5, 5.41) is 0. The second-order valence-electron chi connectivity index (χ2n) is 10.3. The maximum Gasteiger partial charge on any atom is -0.0240 e. The van der Waals surface area contributed by atoms with Gasteiger partial charge in [-0.05, 0) is 105 Å². The first-order valence-electron chi connectivity index (χ1n) is 11.2. The van der Waals surface area contributed by atoms with Gasteiger partial charge in [-0.15, -0.1) is 6.58 Å². The normalized spacial score (nSPS) is 45.5. The summed E-state index contributed by atoms with van der Waals surface area (Å²) < 4.78 is 0. The van der Waals surface area contributed by atoms with E-state index < -0.39 is 0 Å². The highest BCUT2D eigenvalue weighted by Crippen LogP contribution is 2.59. The summed E-state index contributed by atoms with van der Waals surface area (Å²) in [7, 11) is 0. The van der Waals surface area contributed by atoms with Crippen LogP contribution in [-0.4, -0.2) is 0 Å². The molecular weight excluding hydrogens is 300 g/mol. The van der Waals surface area contributed by atoms with Gasteiger partial charge in [-0.2, -0.15) is 0 Å². The Labute approximate surface area is 157 Å². The van der Waals surface area contributed by atoms with E-state index in [4.69, 9.17) is 0 Å². The zero-order valence-corrected chi connectivity index (χ0v) is 17.3. The predicted octanol–water partition coefficient (Wildman–Crippen LogP) is 7.95. The molecule has 3 aliphatic carbocycles. The molecular formula is C25H42. The third-order valence-corrected chi connectivity index (χ3v) is 9.32. The lowest BCUT2D eigenvalue weighted by molar-refractivity contribution is 0.0191. The molecule has 0 heteroatoms. The van der Waals surface area contributed by atoms with Crippen LogP contribution in [0.15, 0.2) is 24.8 Å². The van der Waals surface area contributed by atoms with Crippen molar-refractivity contribution < 1.29 is 0 Å². The molecule has 6 atom stereocenters. The van der Waals surface area contributed by atoms with Crippen LogP contribution < -0.4 is 0 Å². The average molecular weight is 343 g/mol. The van der Waals surface area contributed by atoms with Crippen LogP contribution in [0.1, 0.15) is 97.8 Å². The van der Waals surface area contributed by atoms with E-state index in [1.165, 1.54) is 82.6 Å². The van der Waals surface area contributed by atoms with E-state index in [1.54, 1.807) is 0 Å². The lowest BCUT2D eigenvalue weighted by Gasteiger charge is -2.50. The first-order chi connectivity index (χ1) is 11.9. The molecule has 0 amide bonds. The molecule has 3 saturated carbocycles. The first-order valence-corrected chi connectivity index (χ1v) is 11.2. The second kappa shape index (κ2) is 7.61. The average Bonchev–Trinajstić information content (AvgIpc) is 2.90. The summed E-state index contributed by atoms with van der Waals surface area (Å²) >= 11 is 0. The van der Waals surface area contributed by atoms with Gasteiger partial charge in [-0.25, -0.2) is 0 Å². The highest BCUT2D eigenvalue weighted by Gasteiger charge is 2.49. The maximum atomic E-state index is 4.36. The van der Waals surface area contributed by atoms with Crippen LogP contribution in [0.3, 0.4) is 0 Å². The molecule has 0 saturated heterocycles. The van der Waals surface area contributed by atoms with E-state index in [9.17, 15) is 0 Å². The van der Waals surface area contributed by atoms with Gasteiger partial charge in [0.05, 0.1) is 0 Å². The number of allylic oxidation sites excluding steroid dienone is 2. The smallest absolute Gasteiger partial charge is 0.0240 e. The molecule has 0 aromatic rings. The largest absolute Gasteiger partial charge is 0.103 e. The van der Waals surface area contributed by atoms with Crippen molar-refractivity contribution >= 4 is 0 Å². The summed E-state index contributed by atoms with van der Waals surface area (Å²) in [4.78, 5) is 0. The van der Waals surface area contributed by atoms with Crippen molar-refractivity contribution in [3.8, 4) is 0 Å². The van der Waals surface area contributed by atoms with Crippen LogP contribution >= 0.6 is 0 Å². The van der Waals surface area contributed by atoms with Gasteiger partial charge in [0.2, 0.25) is 0 Å². The monoisotopic (exact) mass is 342 g/mol. The van der Waals surface area contributed by atoms with Crippen LogP contribution in [0.5, 0.6) is 0 Å². The Hall–Kier alpha value is -0.520. The zero-order chi connectivity index (χ0) is 18.1.